The summed E-state index contributed by atoms with van der Waals surface area (Å²) in [6.07, 6.45) is 1.47. The van der Waals surface area contributed by atoms with Gasteiger partial charge >= 0.3 is 0 Å². The number of benzene rings is 2. The molecule has 0 fully saturated rings. The summed E-state index contributed by atoms with van der Waals surface area (Å²) in [4.78, 5) is 11.0. The van der Waals surface area contributed by atoms with Crippen LogP contribution in [0.2, 0.25) is 0 Å². The van der Waals surface area contributed by atoms with Gasteiger partial charge in [-0.2, -0.15) is 0 Å². The molecule has 34 heavy (non-hydrogen) atoms. The molecule has 0 amide bonds. The Balaban J connectivity index is 1.75. The molecule has 0 aliphatic rings. The summed E-state index contributed by atoms with van der Waals surface area (Å²) >= 11 is 0. The van der Waals surface area contributed by atoms with Gasteiger partial charge in [-0.25, -0.2) is 14.4 Å². The molecule has 7 heteroatoms. The highest BCUT2D eigenvalue weighted by molar-refractivity contribution is 6.05. The van der Waals surface area contributed by atoms with Crippen LogP contribution in [0.25, 0.3) is 33.6 Å². The summed E-state index contributed by atoms with van der Waals surface area (Å²) in [5.41, 5.74) is 2.83. The average Bonchev–Trinajstić information content (AvgIpc) is 3.24. The zero-order valence-electron chi connectivity index (χ0n) is 20.1. The Morgan fingerprint density at radius 3 is 2.47 bits per heavy atom. The summed E-state index contributed by atoms with van der Waals surface area (Å²) in [6, 6.07) is 15.0. The first-order valence-corrected chi connectivity index (χ1v) is 11.8. The molecule has 2 heterocycles. The zero-order chi connectivity index (χ0) is 24.1. The van der Waals surface area contributed by atoms with Gasteiger partial charge < -0.3 is 19.4 Å². The maximum Gasteiger partial charge on any atom is 0.232 e. The lowest BCUT2D eigenvalue weighted by Crippen LogP contribution is -2.28. The van der Waals surface area contributed by atoms with Gasteiger partial charge in [-0.15, -0.1) is 0 Å². The van der Waals surface area contributed by atoms with Crippen molar-refractivity contribution in [2.75, 3.05) is 31.6 Å². The van der Waals surface area contributed by atoms with E-state index in [9.17, 15) is 0 Å². The topological polar surface area (TPSA) is 63.4 Å². The minimum atomic E-state index is -0.428. The second-order valence-corrected chi connectivity index (χ2v) is 8.39. The summed E-state index contributed by atoms with van der Waals surface area (Å²) in [6.45, 7) is 11.3. The van der Waals surface area contributed by atoms with Crippen LogP contribution in [0.4, 0.5) is 10.2 Å². The van der Waals surface area contributed by atoms with Gasteiger partial charge in [-0.1, -0.05) is 44.2 Å². The van der Waals surface area contributed by atoms with Crippen molar-refractivity contribution in [1.29, 1.82) is 0 Å². The lowest BCUT2D eigenvalue weighted by Gasteiger charge is -2.18. The minimum Gasteiger partial charge on any atom is -0.489 e. The summed E-state index contributed by atoms with van der Waals surface area (Å²) in [7, 11) is 0. The number of rotatable bonds is 10. The molecule has 4 aromatic rings. The van der Waals surface area contributed by atoms with E-state index in [1.54, 1.807) is 6.07 Å². The number of anilines is 1. The van der Waals surface area contributed by atoms with E-state index in [0.29, 0.717) is 29.5 Å². The van der Waals surface area contributed by atoms with Crippen LogP contribution in [-0.4, -0.2) is 47.2 Å². The molecule has 0 atom stereocenters. The SMILES string of the molecule is CCN(CC)CCOc1ccc(-c2oc3ncnc(NC(C)C)c3c2-c2ccccc2)cc1F. The van der Waals surface area contributed by atoms with E-state index < -0.39 is 5.82 Å². The standard InChI is InChI=1S/C27H31FN4O2/c1-5-32(6-2)14-15-33-22-13-12-20(16-21(22)28)25-23(19-10-8-7-9-11-19)24-26(31-18(3)4)29-17-30-27(24)34-25/h7-13,16-18H,5-6,14-15H2,1-4H3,(H,29,30,31). The molecule has 0 saturated carbocycles. The van der Waals surface area contributed by atoms with Gasteiger partial charge in [0.05, 0.1) is 5.39 Å². The molecule has 6 nitrogen and oxygen atoms in total. The summed E-state index contributed by atoms with van der Waals surface area (Å²) in [5.74, 6) is 1.03. The smallest absolute Gasteiger partial charge is 0.232 e. The number of furan rings is 1. The van der Waals surface area contributed by atoms with E-state index in [2.05, 4.69) is 34.0 Å². The van der Waals surface area contributed by atoms with Crippen LogP contribution in [0.3, 0.4) is 0 Å². The van der Waals surface area contributed by atoms with E-state index in [0.717, 1.165) is 36.1 Å². The molecular formula is C27H31FN4O2. The molecule has 0 saturated heterocycles. The van der Waals surface area contributed by atoms with E-state index in [1.807, 2.05) is 50.2 Å². The summed E-state index contributed by atoms with van der Waals surface area (Å²) < 4.78 is 27.0. The van der Waals surface area contributed by atoms with Crippen molar-refractivity contribution in [1.82, 2.24) is 14.9 Å². The van der Waals surface area contributed by atoms with Gasteiger partial charge in [-0.05, 0) is 50.7 Å². The van der Waals surface area contributed by atoms with Gasteiger partial charge in [0.2, 0.25) is 5.71 Å². The van der Waals surface area contributed by atoms with Gasteiger partial charge in [0, 0.05) is 23.7 Å². The van der Waals surface area contributed by atoms with Crippen LogP contribution in [0.5, 0.6) is 5.75 Å². The van der Waals surface area contributed by atoms with Crippen molar-refractivity contribution in [2.45, 2.75) is 33.7 Å². The lowest BCUT2D eigenvalue weighted by atomic mass is 9.99. The van der Waals surface area contributed by atoms with Gasteiger partial charge in [0.15, 0.2) is 11.6 Å². The van der Waals surface area contributed by atoms with Crippen molar-refractivity contribution >= 4 is 16.9 Å². The average molecular weight is 463 g/mol. The quantitative estimate of drug-likeness (QED) is 0.301. The highest BCUT2D eigenvalue weighted by Crippen LogP contribution is 2.43. The maximum absolute atomic E-state index is 15.0. The van der Waals surface area contributed by atoms with E-state index in [1.165, 1.54) is 12.4 Å². The molecule has 0 bridgehead atoms. The van der Waals surface area contributed by atoms with E-state index >= 15 is 4.39 Å². The number of ether oxygens (including phenoxy) is 1. The number of nitrogens with zero attached hydrogens (tertiary/aromatic N) is 3. The fraction of sp³-hybridized carbons (Fsp3) is 0.333. The zero-order valence-corrected chi connectivity index (χ0v) is 20.1. The predicted molar refractivity (Wildman–Crippen MR) is 135 cm³/mol. The molecule has 0 spiro atoms. The summed E-state index contributed by atoms with van der Waals surface area (Å²) in [5, 5.41) is 4.15. The van der Waals surface area contributed by atoms with E-state index in [-0.39, 0.29) is 11.8 Å². The fourth-order valence-corrected chi connectivity index (χ4v) is 3.98. The first kappa shape index (κ1) is 23.7. The molecule has 0 aliphatic heterocycles. The van der Waals surface area contributed by atoms with Crippen molar-refractivity contribution in [3.8, 4) is 28.2 Å². The fourth-order valence-electron chi connectivity index (χ4n) is 3.98. The minimum absolute atomic E-state index is 0.172. The Morgan fingerprint density at radius 1 is 1.03 bits per heavy atom. The van der Waals surface area contributed by atoms with Crippen molar-refractivity contribution < 1.29 is 13.5 Å². The van der Waals surface area contributed by atoms with Gasteiger partial charge in [0.25, 0.3) is 0 Å². The monoisotopic (exact) mass is 462 g/mol. The second-order valence-electron chi connectivity index (χ2n) is 8.39. The molecule has 178 valence electrons. The maximum atomic E-state index is 15.0. The highest BCUT2D eigenvalue weighted by atomic mass is 19.1. The van der Waals surface area contributed by atoms with E-state index in [4.69, 9.17) is 9.15 Å². The third-order valence-electron chi connectivity index (χ3n) is 5.73. The molecular weight excluding hydrogens is 431 g/mol. The Hall–Kier alpha value is -3.45. The third kappa shape index (κ3) is 5.04. The Morgan fingerprint density at radius 2 is 1.79 bits per heavy atom. The molecule has 0 radical (unpaired) electrons. The van der Waals surface area contributed by atoms with Crippen LogP contribution in [0.15, 0.2) is 59.3 Å². The largest absolute Gasteiger partial charge is 0.489 e. The molecule has 1 N–H and O–H groups in total. The molecule has 4 rings (SSSR count). The number of halogens is 1. The van der Waals surface area contributed by atoms with Crippen LogP contribution < -0.4 is 10.1 Å². The predicted octanol–water partition coefficient (Wildman–Crippen LogP) is 6.24. The van der Waals surface area contributed by atoms with Gasteiger partial charge in [-0.3, -0.25) is 0 Å². The molecule has 2 aromatic heterocycles. The van der Waals surface area contributed by atoms with Crippen LogP contribution in [0, 0.1) is 5.82 Å². The first-order valence-electron chi connectivity index (χ1n) is 11.8. The Kier molecular flexibility index (Phi) is 7.43. The third-order valence-corrected chi connectivity index (χ3v) is 5.73. The number of hydrogen-bond acceptors (Lipinski definition) is 6. The lowest BCUT2D eigenvalue weighted by molar-refractivity contribution is 0.217. The van der Waals surface area contributed by atoms with Crippen molar-refractivity contribution in [2.24, 2.45) is 0 Å². The highest BCUT2D eigenvalue weighted by Gasteiger charge is 2.23. The molecule has 0 unspecified atom stereocenters. The molecule has 2 aromatic carbocycles. The first-order chi connectivity index (χ1) is 16.5. The van der Waals surface area contributed by atoms with Crippen LogP contribution in [0.1, 0.15) is 27.7 Å². The molecule has 0 aliphatic carbocycles. The second kappa shape index (κ2) is 10.7. The van der Waals surface area contributed by atoms with Crippen molar-refractivity contribution in [3.63, 3.8) is 0 Å². The number of fused-ring (bicyclic) bond motifs is 1. The normalized spacial score (nSPS) is 11.5. The van der Waals surface area contributed by atoms with Crippen LogP contribution in [-0.2, 0) is 0 Å². The Bertz CT molecular complexity index is 1240. The van der Waals surface area contributed by atoms with Crippen LogP contribution >= 0.6 is 0 Å². The number of hydrogen-bond donors (Lipinski definition) is 1. The Labute approximate surface area is 199 Å². The number of likely N-dealkylation sites (N-methyl/N-ethyl adjacent to an activating group) is 1. The van der Waals surface area contributed by atoms with Crippen molar-refractivity contribution in [3.05, 3.63) is 60.7 Å². The number of aromatic nitrogens is 2. The number of nitrogens with one attached hydrogen (secondary N) is 1. The van der Waals surface area contributed by atoms with Gasteiger partial charge in [0.1, 0.15) is 24.5 Å².